The summed E-state index contributed by atoms with van der Waals surface area (Å²) in [7, 11) is 3.17. The van der Waals surface area contributed by atoms with E-state index in [1.807, 2.05) is 43.3 Å². The summed E-state index contributed by atoms with van der Waals surface area (Å²) < 4.78 is 11.4. The first-order valence-electron chi connectivity index (χ1n) is 6.55. The van der Waals surface area contributed by atoms with Gasteiger partial charge in [0.2, 0.25) is 0 Å². The molecular weight excluding hydrogens is 332 g/mol. The fourth-order valence-corrected chi connectivity index (χ4v) is 2.78. The summed E-state index contributed by atoms with van der Waals surface area (Å²) in [6, 6.07) is 11.2. The van der Waals surface area contributed by atoms with Gasteiger partial charge < -0.3 is 9.47 Å². The van der Waals surface area contributed by atoms with Crippen LogP contribution < -0.4 is 9.47 Å². The lowest BCUT2D eigenvalue weighted by Crippen LogP contribution is -2.04. The molecule has 2 aromatic rings. The fraction of sp³-hybridized carbons (Fsp3) is 0.235. The van der Waals surface area contributed by atoms with Gasteiger partial charge in [-0.2, -0.15) is 0 Å². The monoisotopic (exact) mass is 348 g/mol. The topological polar surface area (TPSA) is 35.5 Å². The van der Waals surface area contributed by atoms with Crippen LogP contribution in [0.15, 0.2) is 40.9 Å². The number of hydrogen-bond acceptors (Lipinski definition) is 3. The normalized spacial score (nSPS) is 10.3. The molecule has 0 aromatic heterocycles. The molecule has 110 valence electrons. The second-order valence-electron chi connectivity index (χ2n) is 4.81. The molecule has 4 heteroatoms. The van der Waals surface area contributed by atoms with Crippen molar-refractivity contribution in [2.24, 2.45) is 0 Å². The molecule has 0 heterocycles. The highest BCUT2D eigenvalue weighted by atomic mass is 79.9. The van der Waals surface area contributed by atoms with E-state index in [1.54, 1.807) is 14.2 Å². The van der Waals surface area contributed by atoms with Crippen molar-refractivity contribution in [1.82, 2.24) is 0 Å². The predicted octanol–water partition coefficient (Wildman–Crippen LogP) is 4.20. The van der Waals surface area contributed by atoms with Crippen molar-refractivity contribution in [2.45, 2.75) is 13.3 Å². The Bertz CT molecular complexity index is 645. The number of aryl methyl sites for hydroxylation is 1. The lowest BCUT2D eigenvalue weighted by molar-refractivity contribution is 0.0993. The van der Waals surface area contributed by atoms with Gasteiger partial charge in [-0.15, -0.1) is 0 Å². The van der Waals surface area contributed by atoms with Crippen LogP contribution in [0.5, 0.6) is 11.5 Å². The van der Waals surface area contributed by atoms with Crippen LogP contribution in [0, 0.1) is 6.92 Å². The number of Topliss-reactive ketones (excluding diaryl/α,β-unsaturated/α-hetero) is 1. The van der Waals surface area contributed by atoms with Crippen LogP contribution >= 0.6 is 15.9 Å². The first-order chi connectivity index (χ1) is 10.0. The van der Waals surface area contributed by atoms with Gasteiger partial charge in [0.1, 0.15) is 0 Å². The zero-order chi connectivity index (χ0) is 15.4. The SMILES string of the molecule is COc1ccc(CC(=O)c2cc(C)cc(Br)c2)cc1OC. The Balaban J connectivity index is 2.23. The number of carbonyl (C=O) groups excluding carboxylic acids is 1. The Morgan fingerprint density at radius 3 is 2.38 bits per heavy atom. The fourth-order valence-electron chi connectivity index (χ4n) is 2.18. The Kier molecular flexibility index (Phi) is 5.02. The standard InChI is InChI=1S/C17H17BrO3/c1-11-6-13(10-14(18)7-11)15(19)8-12-4-5-16(20-2)17(9-12)21-3/h4-7,9-10H,8H2,1-3H3. The summed E-state index contributed by atoms with van der Waals surface area (Å²) in [5, 5.41) is 0. The molecule has 0 atom stereocenters. The van der Waals surface area contributed by atoms with Crippen LogP contribution in [-0.2, 0) is 6.42 Å². The maximum absolute atomic E-state index is 12.4. The van der Waals surface area contributed by atoms with E-state index in [1.165, 1.54) is 0 Å². The van der Waals surface area contributed by atoms with Crippen LogP contribution in [0.25, 0.3) is 0 Å². The number of methoxy groups -OCH3 is 2. The van der Waals surface area contributed by atoms with Gasteiger partial charge in [-0.1, -0.05) is 22.0 Å². The summed E-state index contributed by atoms with van der Waals surface area (Å²) in [6.45, 7) is 1.97. The molecule has 3 nitrogen and oxygen atoms in total. The zero-order valence-electron chi connectivity index (χ0n) is 12.3. The van der Waals surface area contributed by atoms with Crippen LogP contribution in [0.1, 0.15) is 21.5 Å². The molecule has 0 saturated carbocycles. The minimum absolute atomic E-state index is 0.0756. The van der Waals surface area contributed by atoms with Crippen LogP contribution in [0.2, 0.25) is 0 Å². The summed E-state index contributed by atoms with van der Waals surface area (Å²) in [6.07, 6.45) is 0.330. The minimum Gasteiger partial charge on any atom is -0.493 e. The predicted molar refractivity (Wildman–Crippen MR) is 86.5 cm³/mol. The van der Waals surface area contributed by atoms with Crippen molar-refractivity contribution >= 4 is 21.7 Å². The highest BCUT2D eigenvalue weighted by molar-refractivity contribution is 9.10. The van der Waals surface area contributed by atoms with Gasteiger partial charge in [0.15, 0.2) is 17.3 Å². The Morgan fingerprint density at radius 1 is 1.05 bits per heavy atom. The number of rotatable bonds is 5. The molecule has 0 aliphatic rings. The highest BCUT2D eigenvalue weighted by Crippen LogP contribution is 2.28. The van der Waals surface area contributed by atoms with E-state index in [4.69, 9.17) is 9.47 Å². The van der Waals surface area contributed by atoms with Crippen LogP contribution in [0.4, 0.5) is 0 Å². The van der Waals surface area contributed by atoms with Gasteiger partial charge in [0, 0.05) is 16.5 Å². The number of ether oxygens (including phenoxy) is 2. The van der Waals surface area contributed by atoms with Crippen molar-refractivity contribution in [1.29, 1.82) is 0 Å². The molecule has 2 aromatic carbocycles. The molecule has 2 rings (SSSR count). The minimum atomic E-state index is 0.0756. The summed E-state index contributed by atoms with van der Waals surface area (Å²) in [4.78, 5) is 12.4. The lowest BCUT2D eigenvalue weighted by atomic mass is 10.0. The molecule has 0 N–H and O–H groups in total. The van der Waals surface area contributed by atoms with E-state index < -0.39 is 0 Å². The number of benzene rings is 2. The van der Waals surface area contributed by atoms with Gasteiger partial charge in [-0.3, -0.25) is 4.79 Å². The number of carbonyl (C=O) groups is 1. The summed E-state index contributed by atoms with van der Waals surface area (Å²) in [5.74, 6) is 1.37. The molecule has 0 aliphatic carbocycles. The van der Waals surface area contributed by atoms with E-state index >= 15 is 0 Å². The van der Waals surface area contributed by atoms with Crippen molar-refractivity contribution in [2.75, 3.05) is 14.2 Å². The summed E-state index contributed by atoms with van der Waals surface area (Å²) in [5.41, 5.74) is 2.66. The highest BCUT2D eigenvalue weighted by Gasteiger charge is 2.11. The van der Waals surface area contributed by atoms with E-state index in [-0.39, 0.29) is 5.78 Å². The average molecular weight is 349 g/mol. The smallest absolute Gasteiger partial charge is 0.167 e. The molecule has 0 fully saturated rings. The average Bonchev–Trinajstić information content (AvgIpc) is 2.46. The molecule has 0 aliphatic heterocycles. The maximum Gasteiger partial charge on any atom is 0.167 e. The van der Waals surface area contributed by atoms with E-state index in [0.717, 1.165) is 15.6 Å². The second kappa shape index (κ2) is 6.76. The van der Waals surface area contributed by atoms with Crippen LogP contribution in [-0.4, -0.2) is 20.0 Å². The number of hydrogen-bond donors (Lipinski definition) is 0. The molecule has 21 heavy (non-hydrogen) atoms. The Morgan fingerprint density at radius 2 is 1.76 bits per heavy atom. The third-order valence-corrected chi connectivity index (χ3v) is 3.63. The van der Waals surface area contributed by atoms with Crippen molar-refractivity contribution < 1.29 is 14.3 Å². The van der Waals surface area contributed by atoms with Gasteiger partial charge >= 0.3 is 0 Å². The number of halogens is 1. The zero-order valence-corrected chi connectivity index (χ0v) is 13.9. The first-order valence-corrected chi connectivity index (χ1v) is 7.34. The maximum atomic E-state index is 12.4. The largest absolute Gasteiger partial charge is 0.493 e. The third kappa shape index (κ3) is 3.85. The first kappa shape index (κ1) is 15.6. The van der Waals surface area contributed by atoms with E-state index in [0.29, 0.717) is 23.5 Å². The second-order valence-corrected chi connectivity index (χ2v) is 5.72. The van der Waals surface area contributed by atoms with Crippen molar-refractivity contribution in [3.05, 3.63) is 57.6 Å². The molecule has 0 radical (unpaired) electrons. The van der Waals surface area contributed by atoms with E-state index in [2.05, 4.69) is 15.9 Å². The summed E-state index contributed by atoms with van der Waals surface area (Å²) >= 11 is 3.42. The van der Waals surface area contributed by atoms with Gasteiger partial charge in [-0.25, -0.2) is 0 Å². The lowest BCUT2D eigenvalue weighted by Gasteiger charge is -2.09. The third-order valence-electron chi connectivity index (χ3n) is 3.18. The molecule has 0 unspecified atom stereocenters. The van der Waals surface area contributed by atoms with Gasteiger partial charge in [0.25, 0.3) is 0 Å². The molecule has 0 saturated heterocycles. The quantitative estimate of drug-likeness (QED) is 0.759. The molecule has 0 amide bonds. The van der Waals surface area contributed by atoms with Crippen LogP contribution in [0.3, 0.4) is 0 Å². The van der Waals surface area contributed by atoms with E-state index in [9.17, 15) is 4.79 Å². The molecular formula is C17H17BrO3. The molecule has 0 spiro atoms. The van der Waals surface area contributed by atoms with Gasteiger partial charge in [0.05, 0.1) is 14.2 Å². The van der Waals surface area contributed by atoms with Gasteiger partial charge in [-0.05, 0) is 48.4 Å². The van der Waals surface area contributed by atoms with Crippen molar-refractivity contribution in [3.63, 3.8) is 0 Å². The molecule has 0 bridgehead atoms. The number of ketones is 1. The van der Waals surface area contributed by atoms with Crippen molar-refractivity contribution in [3.8, 4) is 11.5 Å². The Labute approximate surface area is 133 Å². The Hall–Kier alpha value is -1.81.